The zero-order valence-corrected chi connectivity index (χ0v) is 9.95. The quantitative estimate of drug-likeness (QED) is 0.509. The van der Waals surface area contributed by atoms with Gasteiger partial charge in [-0.1, -0.05) is 18.2 Å². The summed E-state index contributed by atoms with van der Waals surface area (Å²) in [6, 6.07) is 15.7. The van der Waals surface area contributed by atoms with E-state index in [0.29, 0.717) is 0 Å². The molecule has 17 heavy (non-hydrogen) atoms. The standard InChI is InChI=1S/C13H12N3S/c14-10-5-3-4-9(8-10)13-16-11-6-1-2-7-12(11)17(13)15/h1-8H,14-15H2/q+1. The van der Waals surface area contributed by atoms with Crippen LogP contribution in [0.2, 0.25) is 0 Å². The van der Waals surface area contributed by atoms with Crippen LogP contribution in [0.3, 0.4) is 0 Å². The summed E-state index contributed by atoms with van der Waals surface area (Å²) in [7, 11) is -0.450. The highest BCUT2D eigenvalue weighted by atomic mass is 32.2. The van der Waals surface area contributed by atoms with Crippen LogP contribution in [0.4, 0.5) is 5.69 Å². The first-order valence-corrected chi connectivity index (χ1v) is 6.57. The summed E-state index contributed by atoms with van der Waals surface area (Å²) >= 11 is 0. The number of hydrogen-bond donors (Lipinski definition) is 2. The molecule has 0 saturated carbocycles. The number of aromatic nitrogens is 1. The van der Waals surface area contributed by atoms with Crippen molar-refractivity contribution in [1.82, 2.24) is 4.98 Å². The van der Waals surface area contributed by atoms with E-state index in [2.05, 4.69) is 4.98 Å². The largest absolute Gasteiger partial charge is 0.399 e. The van der Waals surface area contributed by atoms with Crippen molar-refractivity contribution < 1.29 is 0 Å². The zero-order valence-electron chi connectivity index (χ0n) is 9.13. The summed E-state index contributed by atoms with van der Waals surface area (Å²) in [6.07, 6.45) is 0. The Balaban J connectivity index is 2.27. The van der Waals surface area contributed by atoms with Gasteiger partial charge >= 0.3 is 0 Å². The number of anilines is 1. The summed E-state index contributed by atoms with van der Waals surface area (Å²) < 4.78 is 1.10. The molecule has 1 atom stereocenters. The zero-order chi connectivity index (χ0) is 11.8. The van der Waals surface area contributed by atoms with Gasteiger partial charge in [-0.2, -0.15) is 4.98 Å². The number of hydrogen-bond acceptors (Lipinski definition) is 3. The molecule has 4 heteroatoms. The van der Waals surface area contributed by atoms with Gasteiger partial charge in [0.05, 0.1) is 5.56 Å². The van der Waals surface area contributed by atoms with Crippen LogP contribution < -0.4 is 10.9 Å². The van der Waals surface area contributed by atoms with Crippen molar-refractivity contribution >= 4 is 26.6 Å². The van der Waals surface area contributed by atoms with Crippen molar-refractivity contribution in [3.8, 4) is 10.6 Å². The number of rotatable bonds is 1. The average Bonchev–Trinajstić information content (AvgIpc) is 2.68. The minimum Gasteiger partial charge on any atom is -0.399 e. The SMILES string of the molecule is Nc1cccc(-c2nc3ccccc3[s+]2N)c1. The van der Waals surface area contributed by atoms with Crippen LogP contribution >= 0.6 is 10.7 Å². The number of para-hydroxylation sites is 1. The lowest BCUT2D eigenvalue weighted by atomic mass is 10.2. The molecule has 0 aliphatic rings. The van der Waals surface area contributed by atoms with Crippen LogP contribution in [0.5, 0.6) is 0 Å². The molecule has 0 amide bonds. The maximum atomic E-state index is 6.23. The molecule has 1 heterocycles. The molecule has 0 spiro atoms. The van der Waals surface area contributed by atoms with E-state index < -0.39 is 10.7 Å². The second-order valence-electron chi connectivity index (χ2n) is 3.85. The third kappa shape index (κ3) is 1.67. The highest BCUT2D eigenvalue weighted by Gasteiger charge is 2.21. The minimum absolute atomic E-state index is 0.450. The normalized spacial score (nSPS) is 11.9. The summed E-state index contributed by atoms with van der Waals surface area (Å²) in [5.41, 5.74) is 8.49. The van der Waals surface area contributed by atoms with E-state index in [1.165, 1.54) is 0 Å². The first kappa shape index (κ1) is 10.3. The Bertz CT molecular complexity index is 688. The topological polar surface area (TPSA) is 64.9 Å². The highest BCUT2D eigenvalue weighted by Crippen LogP contribution is 2.35. The van der Waals surface area contributed by atoms with E-state index in [9.17, 15) is 0 Å². The van der Waals surface area contributed by atoms with Gasteiger partial charge < -0.3 is 5.73 Å². The van der Waals surface area contributed by atoms with E-state index >= 15 is 0 Å². The number of nitrogens with zero attached hydrogens (tertiary/aromatic N) is 1. The van der Waals surface area contributed by atoms with Gasteiger partial charge in [-0.05, 0) is 24.3 Å². The fourth-order valence-electron chi connectivity index (χ4n) is 1.86. The predicted molar refractivity (Wildman–Crippen MR) is 74.2 cm³/mol. The van der Waals surface area contributed by atoms with Crippen LogP contribution in [-0.2, 0) is 0 Å². The first-order valence-electron chi connectivity index (χ1n) is 5.28. The molecule has 0 radical (unpaired) electrons. The van der Waals surface area contributed by atoms with E-state index in [4.69, 9.17) is 10.9 Å². The van der Waals surface area contributed by atoms with Gasteiger partial charge in [0.2, 0.25) is 4.70 Å². The van der Waals surface area contributed by atoms with Crippen LogP contribution in [0.1, 0.15) is 0 Å². The number of fused-ring (bicyclic) bond motifs is 1. The Labute approximate surface area is 102 Å². The fraction of sp³-hybridized carbons (Fsp3) is 0. The predicted octanol–water partition coefficient (Wildman–Crippen LogP) is 2.95. The number of nitrogens with two attached hydrogens (primary N) is 2. The van der Waals surface area contributed by atoms with Crippen LogP contribution in [-0.4, -0.2) is 4.98 Å². The van der Waals surface area contributed by atoms with Gasteiger partial charge in [0, 0.05) is 11.8 Å². The molecule has 0 aliphatic carbocycles. The third-order valence-electron chi connectivity index (χ3n) is 2.67. The second kappa shape index (κ2) is 3.84. The lowest BCUT2D eigenvalue weighted by Gasteiger charge is -1.94. The molecule has 0 bridgehead atoms. The number of thiazole rings is 1. The van der Waals surface area contributed by atoms with Gasteiger partial charge in [-0.3, -0.25) is 0 Å². The Kier molecular flexibility index (Phi) is 2.31. The Morgan fingerprint density at radius 2 is 1.82 bits per heavy atom. The molecule has 2 aromatic carbocycles. The first-order chi connectivity index (χ1) is 8.25. The highest BCUT2D eigenvalue weighted by molar-refractivity contribution is 7.39. The Morgan fingerprint density at radius 3 is 2.59 bits per heavy atom. The van der Waals surface area contributed by atoms with E-state index in [1.807, 2.05) is 48.5 Å². The number of benzene rings is 2. The smallest absolute Gasteiger partial charge is 0.295 e. The number of nitrogen functional groups attached to an aromatic ring is 2. The lowest BCUT2D eigenvalue weighted by Crippen LogP contribution is -1.87. The van der Waals surface area contributed by atoms with Gasteiger partial charge in [-0.25, -0.2) is 0 Å². The van der Waals surface area contributed by atoms with E-state index in [-0.39, 0.29) is 0 Å². The van der Waals surface area contributed by atoms with E-state index in [0.717, 1.165) is 26.5 Å². The van der Waals surface area contributed by atoms with Gasteiger partial charge in [0.1, 0.15) is 16.2 Å². The van der Waals surface area contributed by atoms with E-state index in [1.54, 1.807) is 0 Å². The molecule has 1 aromatic heterocycles. The van der Waals surface area contributed by atoms with Gasteiger partial charge in [0.25, 0.3) is 5.01 Å². The molecule has 3 nitrogen and oxygen atoms in total. The van der Waals surface area contributed by atoms with Crippen LogP contribution in [0, 0.1) is 0 Å². The molecule has 0 fully saturated rings. The molecule has 3 aromatic rings. The van der Waals surface area contributed by atoms with Crippen molar-refractivity contribution in [3.63, 3.8) is 0 Å². The van der Waals surface area contributed by atoms with Crippen molar-refractivity contribution in [2.45, 2.75) is 0 Å². The summed E-state index contributed by atoms with van der Waals surface area (Å²) in [6.45, 7) is 0. The Morgan fingerprint density at radius 1 is 1.00 bits per heavy atom. The van der Waals surface area contributed by atoms with Crippen molar-refractivity contribution in [2.24, 2.45) is 0 Å². The maximum absolute atomic E-state index is 6.23. The minimum atomic E-state index is -0.450. The lowest BCUT2D eigenvalue weighted by molar-refractivity contribution is 1.47. The summed E-state index contributed by atoms with van der Waals surface area (Å²) in [5.74, 6) is 0. The molecular weight excluding hydrogens is 230 g/mol. The van der Waals surface area contributed by atoms with Crippen molar-refractivity contribution in [2.75, 3.05) is 10.9 Å². The molecule has 0 saturated heterocycles. The fourth-order valence-corrected chi connectivity index (χ4v) is 3.21. The monoisotopic (exact) mass is 242 g/mol. The van der Waals surface area contributed by atoms with Crippen LogP contribution in [0.25, 0.3) is 20.8 Å². The van der Waals surface area contributed by atoms with Crippen molar-refractivity contribution in [1.29, 1.82) is 0 Å². The molecule has 84 valence electrons. The maximum Gasteiger partial charge on any atom is 0.295 e. The average molecular weight is 242 g/mol. The van der Waals surface area contributed by atoms with Crippen LogP contribution in [0.15, 0.2) is 48.5 Å². The molecular formula is C13H12N3S+. The second-order valence-corrected chi connectivity index (χ2v) is 5.35. The Hall–Kier alpha value is -1.91. The molecule has 0 aliphatic heterocycles. The van der Waals surface area contributed by atoms with Gasteiger partial charge in [0.15, 0.2) is 0 Å². The molecule has 1 unspecified atom stereocenters. The summed E-state index contributed by atoms with van der Waals surface area (Å²) in [5, 5.41) is 7.14. The van der Waals surface area contributed by atoms with Crippen molar-refractivity contribution in [3.05, 3.63) is 48.5 Å². The van der Waals surface area contributed by atoms with Gasteiger partial charge in [-0.15, -0.1) is 5.14 Å². The summed E-state index contributed by atoms with van der Waals surface area (Å²) in [4.78, 5) is 4.59. The molecule has 4 N–H and O–H groups in total. The third-order valence-corrected chi connectivity index (χ3v) is 4.23. The molecule has 3 rings (SSSR count).